The van der Waals surface area contributed by atoms with Gasteiger partial charge < -0.3 is 9.64 Å². The Bertz CT molecular complexity index is 1450. The van der Waals surface area contributed by atoms with E-state index in [9.17, 15) is 5.26 Å². The smallest absolute Gasteiger partial charge is 0.151 e. The van der Waals surface area contributed by atoms with Crippen LogP contribution >= 0.6 is 0 Å². The van der Waals surface area contributed by atoms with Crippen LogP contribution in [0.2, 0.25) is 0 Å². The van der Waals surface area contributed by atoms with E-state index in [4.69, 9.17) is 4.74 Å². The number of para-hydroxylation sites is 4. The molecule has 1 aliphatic heterocycles. The monoisotopic (exact) mass is 384 g/mol. The maximum atomic E-state index is 9.19. The zero-order valence-corrected chi connectivity index (χ0v) is 16.0. The fourth-order valence-corrected chi connectivity index (χ4v) is 4.18. The first-order valence-electron chi connectivity index (χ1n) is 9.84. The normalized spacial score (nSPS) is 12.2. The molecule has 0 fully saturated rings. The van der Waals surface area contributed by atoms with Crippen molar-refractivity contribution >= 4 is 38.6 Å². The van der Waals surface area contributed by atoms with Crippen molar-refractivity contribution in [3.05, 3.63) is 103 Å². The van der Waals surface area contributed by atoms with E-state index in [0.717, 1.165) is 50.1 Å². The second-order valence-electron chi connectivity index (χ2n) is 7.43. The predicted octanol–water partition coefficient (Wildman–Crippen LogP) is 7.44. The number of ether oxygens (including phenoxy) is 1. The van der Waals surface area contributed by atoms with E-state index in [2.05, 4.69) is 53.4 Å². The average Bonchev–Trinajstić information content (AvgIpc) is 2.80. The SMILES string of the molecule is N#Cc1ccc2cc3cc(N4c5ccccc5Oc5ccccc54)ccc3cc2c1. The molecule has 0 aliphatic carbocycles. The molecule has 5 aromatic carbocycles. The van der Waals surface area contributed by atoms with Gasteiger partial charge in [-0.15, -0.1) is 0 Å². The van der Waals surface area contributed by atoms with Crippen LogP contribution in [0.5, 0.6) is 11.5 Å². The highest BCUT2D eigenvalue weighted by Gasteiger charge is 2.25. The van der Waals surface area contributed by atoms with Gasteiger partial charge in [-0.1, -0.05) is 36.4 Å². The van der Waals surface area contributed by atoms with E-state index >= 15 is 0 Å². The first-order valence-corrected chi connectivity index (χ1v) is 9.84. The van der Waals surface area contributed by atoms with Crippen LogP contribution in [0, 0.1) is 11.3 Å². The highest BCUT2D eigenvalue weighted by Crippen LogP contribution is 2.50. The van der Waals surface area contributed by atoms with Crippen LogP contribution < -0.4 is 9.64 Å². The van der Waals surface area contributed by atoms with Gasteiger partial charge in [0.25, 0.3) is 0 Å². The van der Waals surface area contributed by atoms with Gasteiger partial charge in [0.15, 0.2) is 11.5 Å². The number of fused-ring (bicyclic) bond motifs is 4. The summed E-state index contributed by atoms with van der Waals surface area (Å²) in [5, 5.41) is 13.7. The standard InChI is InChI=1S/C27H16N2O/c28-17-18-9-10-19-15-22-16-23(12-11-20(22)14-21(19)13-18)29-24-5-1-3-7-26(24)30-27-8-4-2-6-25(27)29/h1-16H. The van der Waals surface area contributed by atoms with Gasteiger partial charge in [0.1, 0.15) is 0 Å². The summed E-state index contributed by atoms with van der Waals surface area (Å²) in [7, 11) is 0. The minimum absolute atomic E-state index is 0.681. The van der Waals surface area contributed by atoms with Crippen LogP contribution in [0.4, 0.5) is 17.1 Å². The first-order chi connectivity index (χ1) is 14.8. The van der Waals surface area contributed by atoms with E-state index in [1.165, 1.54) is 0 Å². The van der Waals surface area contributed by atoms with Crippen molar-refractivity contribution in [2.45, 2.75) is 0 Å². The highest BCUT2D eigenvalue weighted by molar-refractivity contribution is 6.01. The van der Waals surface area contributed by atoms with Crippen LogP contribution in [-0.4, -0.2) is 0 Å². The van der Waals surface area contributed by atoms with E-state index in [0.29, 0.717) is 5.56 Å². The van der Waals surface area contributed by atoms with Crippen molar-refractivity contribution in [3.8, 4) is 17.6 Å². The summed E-state index contributed by atoms with van der Waals surface area (Å²) in [5.41, 5.74) is 3.81. The molecular weight excluding hydrogens is 368 g/mol. The Morgan fingerprint density at radius 1 is 0.600 bits per heavy atom. The Balaban J connectivity index is 1.56. The molecule has 0 aromatic heterocycles. The number of nitrogens with zero attached hydrogens (tertiary/aromatic N) is 2. The minimum Gasteiger partial charge on any atom is -0.453 e. The fourth-order valence-electron chi connectivity index (χ4n) is 4.18. The molecule has 0 unspecified atom stereocenters. The molecule has 3 heteroatoms. The van der Waals surface area contributed by atoms with Crippen molar-refractivity contribution in [1.29, 1.82) is 5.26 Å². The number of benzene rings is 5. The van der Waals surface area contributed by atoms with E-state index in [-0.39, 0.29) is 0 Å². The van der Waals surface area contributed by atoms with Gasteiger partial charge in [0.2, 0.25) is 0 Å². The molecule has 0 saturated heterocycles. The Morgan fingerprint density at radius 3 is 1.87 bits per heavy atom. The summed E-state index contributed by atoms with van der Waals surface area (Å²) in [6, 6.07) is 35.1. The topological polar surface area (TPSA) is 36.3 Å². The lowest BCUT2D eigenvalue weighted by Gasteiger charge is -2.32. The van der Waals surface area contributed by atoms with Crippen molar-refractivity contribution in [3.63, 3.8) is 0 Å². The van der Waals surface area contributed by atoms with E-state index < -0.39 is 0 Å². The Labute approximate surface area is 174 Å². The predicted molar refractivity (Wildman–Crippen MR) is 121 cm³/mol. The Morgan fingerprint density at radius 2 is 1.20 bits per heavy atom. The zero-order chi connectivity index (χ0) is 20.1. The largest absolute Gasteiger partial charge is 0.453 e. The van der Waals surface area contributed by atoms with Gasteiger partial charge in [0.05, 0.1) is 23.0 Å². The van der Waals surface area contributed by atoms with Crippen LogP contribution in [0.15, 0.2) is 97.1 Å². The molecule has 140 valence electrons. The van der Waals surface area contributed by atoms with Gasteiger partial charge in [-0.2, -0.15) is 5.26 Å². The third-order valence-electron chi connectivity index (χ3n) is 5.60. The molecular formula is C27H16N2O. The number of hydrogen-bond acceptors (Lipinski definition) is 3. The van der Waals surface area contributed by atoms with E-state index in [1.807, 2.05) is 54.6 Å². The molecule has 0 spiro atoms. The molecule has 1 aliphatic rings. The van der Waals surface area contributed by atoms with Gasteiger partial charge in [0, 0.05) is 5.69 Å². The second kappa shape index (κ2) is 6.37. The summed E-state index contributed by atoms with van der Waals surface area (Å²) in [4.78, 5) is 2.25. The molecule has 5 aromatic rings. The van der Waals surface area contributed by atoms with Crippen LogP contribution in [0.25, 0.3) is 21.5 Å². The highest BCUT2D eigenvalue weighted by atomic mass is 16.5. The number of nitriles is 1. The molecule has 0 radical (unpaired) electrons. The second-order valence-corrected chi connectivity index (χ2v) is 7.43. The lowest BCUT2D eigenvalue weighted by Crippen LogP contribution is -2.15. The summed E-state index contributed by atoms with van der Waals surface area (Å²) in [6.45, 7) is 0. The lowest BCUT2D eigenvalue weighted by atomic mass is 10.0. The molecule has 6 rings (SSSR count). The van der Waals surface area contributed by atoms with Crippen LogP contribution in [-0.2, 0) is 0 Å². The molecule has 0 N–H and O–H groups in total. The summed E-state index contributed by atoms with van der Waals surface area (Å²) < 4.78 is 6.13. The Kier molecular flexibility index (Phi) is 3.53. The van der Waals surface area contributed by atoms with Gasteiger partial charge >= 0.3 is 0 Å². The maximum Gasteiger partial charge on any atom is 0.151 e. The van der Waals surface area contributed by atoms with Crippen LogP contribution in [0.1, 0.15) is 5.56 Å². The molecule has 0 bridgehead atoms. The van der Waals surface area contributed by atoms with Crippen molar-refractivity contribution in [2.24, 2.45) is 0 Å². The summed E-state index contributed by atoms with van der Waals surface area (Å²) in [5.74, 6) is 1.69. The molecule has 3 nitrogen and oxygen atoms in total. The van der Waals surface area contributed by atoms with Crippen molar-refractivity contribution < 1.29 is 4.74 Å². The third kappa shape index (κ3) is 2.52. The number of rotatable bonds is 1. The van der Waals surface area contributed by atoms with Crippen molar-refractivity contribution in [2.75, 3.05) is 4.90 Å². The Hall–Kier alpha value is -4.29. The fraction of sp³-hybridized carbons (Fsp3) is 0. The maximum absolute atomic E-state index is 9.19. The number of anilines is 3. The summed E-state index contributed by atoms with van der Waals surface area (Å²) in [6.07, 6.45) is 0. The molecule has 0 saturated carbocycles. The summed E-state index contributed by atoms with van der Waals surface area (Å²) >= 11 is 0. The third-order valence-corrected chi connectivity index (χ3v) is 5.60. The lowest BCUT2D eigenvalue weighted by molar-refractivity contribution is 0.477. The van der Waals surface area contributed by atoms with Crippen LogP contribution in [0.3, 0.4) is 0 Å². The van der Waals surface area contributed by atoms with Crippen molar-refractivity contribution in [1.82, 2.24) is 0 Å². The average molecular weight is 384 g/mol. The molecule has 1 heterocycles. The van der Waals surface area contributed by atoms with Gasteiger partial charge in [-0.3, -0.25) is 0 Å². The first kappa shape index (κ1) is 16.6. The zero-order valence-electron chi connectivity index (χ0n) is 16.0. The molecule has 0 amide bonds. The minimum atomic E-state index is 0.681. The number of hydrogen-bond donors (Lipinski definition) is 0. The van der Waals surface area contributed by atoms with E-state index in [1.54, 1.807) is 0 Å². The molecule has 30 heavy (non-hydrogen) atoms. The van der Waals surface area contributed by atoms with Gasteiger partial charge in [-0.05, 0) is 82.2 Å². The van der Waals surface area contributed by atoms with Gasteiger partial charge in [-0.25, -0.2) is 0 Å². The molecule has 0 atom stereocenters. The quantitative estimate of drug-likeness (QED) is 0.276.